The molecule has 142 valence electrons. The van der Waals surface area contributed by atoms with Gasteiger partial charge in [-0.1, -0.05) is 57.5 Å². The van der Waals surface area contributed by atoms with Crippen LogP contribution in [0.1, 0.15) is 12.3 Å². The molecule has 0 radical (unpaired) electrons. The molecule has 1 aromatic heterocycles. The molecule has 1 fully saturated rings. The smallest absolute Gasteiger partial charge is 0.246 e. The van der Waals surface area contributed by atoms with Crippen molar-refractivity contribution in [2.24, 2.45) is 5.92 Å². The van der Waals surface area contributed by atoms with Crippen LogP contribution in [0, 0.1) is 5.92 Å². The van der Waals surface area contributed by atoms with E-state index >= 15 is 0 Å². The Bertz CT molecular complexity index is 1010. The second-order valence-corrected chi connectivity index (χ2v) is 7.40. The zero-order valence-electron chi connectivity index (χ0n) is 14.8. The summed E-state index contributed by atoms with van der Waals surface area (Å²) in [7, 11) is 0. The van der Waals surface area contributed by atoms with Gasteiger partial charge in [0.1, 0.15) is 0 Å². The maximum absolute atomic E-state index is 12.5. The van der Waals surface area contributed by atoms with E-state index in [1.165, 1.54) is 0 Å². The van der Waals surface area contributed by atoms with Crippen LogP contribution in [-0.4, -0.2) is 28.5 Å². The Morgan fingerprint density at radius 3 is 2.82 bits per heavy atom. The molecule has 28 heavy (non-hydrogen) atoms. The first-order valence-corrected chi connectivity index (χ1v) is 9.61. The zero-order chi connectivity index (χ0) is 19.5. The minimum Gasteiger partial charge on any atom is -0.347 e. The quantitative estimate of drug-likeness (QED) is 0.657. The fraction of sp³-hybridized carbons (Fsp3) is 0.200. The maximum atomic E-state index is 12.5. The van der Waals surface area contributed by atoms with E-state index in [2.05, 4.69) is 31.4 Å². The number of amides is 2. The van der Waals surface area contributed by atoms with Crippen molar-refractivity contribution < 1.29 is 14.1 Å². The third-order valence-electron chi connectivity index (χ3n) is 4.53. The van der Waals surface area contributed by atoms with Gasteiger partial charge in [0, 0.05) is 28.7 Å². The molecule has 2 aromatic carbocycles. The van der Waals surface area contributed by atoms with E-state index in [9.17, 15) is 9.59 Å². The lowest BCUT2D eigenvalue weighted by molar-refractivity contribution is -0.126. The van der Waals surface area contributed by atoms with Crippen molar-refractivity contribution in [3.63, 3.8) is 0 Å². The van der Waals surface area contributed by atoms with E-state index in [1.54, 1.807) is 4.90 Å². The Balaban J connectivity index is 1.36. The van der Waals surface area contributed by atoms with Crippen molar-refractivity contribution in [2.75, 3.05) is 11.4 Å². The molecule has 2 amide bonds. The van der Waals surface area contributed by atoms with E-state index in [1.807, 2.05) is 54.6 Å². The van der Waals surface area contributed by atoms with E-state index in [-0.39, 0.29) is 24.8 Å². The second kappa shape index (κ2) is 7.93. The van der Waals surface area contributed by atoms with Gasteiger partial charge in [0.2, 0.25) is 23.5 Å². The third kappa shape index (κ3) is 3.96. The molecule has 0 spiro atoms. The highest BCUT2D eigenvalue weighted by Gasteiger charge is 2.35. The van der Waals surface area contributed by atoms with Gasteiger partial charge in [-0.15, -0.1) is 0 Å². The Morgan fingerprint density at radius 2 is 2.04 bits per heavy atom. The Hall–Kier alpha value is -3.00. The molecular weight excluding hydrogens is 424 g/mol. The highest BCUT2D eigenvalue weighted by atomic mass is 79.9. The average Bonchev–Trinajstić information content (AvgIpc) is 3.34. The maximum Gasteiger partial charge on any atom is 0.246 e. The summed E-state index contributed by atoms with van der Waals surface area (Å²) in [4.78, 5) is 30.7. The number of hydrogen-bond donors (Lipinski definition) is 1. The van der Waals surface area contributed by atoms with Crippen molar-refractivity contribution in [3.8, 4) is 11.4 Å². The zero-order valence-corrected chi connectivity index (χ0v) is 16.4. The van der Waals surface area contributed by atoms with Gasteiger partial charge in [0.05, 0.1) is 12.5 Å². The van der Waals surface area contributed by atoms with Crippen molar-refractivity contribution in [2.45, 2.75) is 13.0 Å². The minimum absolute atomic E-state index is 0.0672. The molecule has 0 aliphatic carbocycles. The van der Waals surface area contributed by atoms with E-state index in [0.717, 1.165) is 15.7 Å². The normalized spacial score (nSPS) is 16.4. The summed E-state index contributed by atoms with van der Waals surface area (Å²) in [5.41, 5.74) is 1.62. The monoisotopic (exact) mass is 440 g/mol. The van der Waals surface area contributed by atoms with Crippen molar-refractivity contribution in [1.82, 2.24) is 15.5 Å². The van der Waals surface area contributed by atoms with Crippen molar-refractivity contribution in [3.05, 3.63) is 65.0 Å². The molecule has 7 nitrogen and oxygen atoms in total. The van der Waals surface area contributed by atoms with Crippen molar-refractivity contribution in [1.29, 1.82) is 0 Å². The van der Waals surface area contributed by atoms with Crippen LogP contribution < -0.4 is 10.2 Å². The molecule has 4 rings (SSSR count). The lowest BCUT2D eigenvalue weighted by atomic mass is 10.1. The highest BCUT2D eigenvalue weighted by Crippen LogP contribution is 2.27. The van der Waals surface area contributed by atoms with Gasteiger partial charge in [-0.25, -0.2) is 0 Å². The summed E-state index contributed by atoms with van der Waals surface area (Å²) in [6.07, 6.45) is 0.178. The van der Waals surface area contributed by atoms with Gasteiger partial charge in [-0.2, -0.15) is 4.98 Å². The molecule has 2 heterocycles. The van der Waals surface area contributed by atoms with Crippen LogP contribution >= 0.6 is 15.9 Å². The van der Waals surface area contributed by atoms with Crippen LogP contribution in [0.15, 0.2) is 63.6 Å². The van der Waals surface area contributed by atoms with E-state index < -0.39 is 5.92 Å². The topological polar surface area (TPSA) is 88.3 Å². The summed E-state index contributed by atoms with van der Waals surface area (Å²) in [6, 6.07) is 16.9. The Morgan fingerprint density at radius 1 is 1.21 bits per heavy atom. The minimum atomic E-state index is -0.414. The largest absolute Gasteiger partial charge is 0.347 e. The molecule has 1 aliphatic rings. The molecule has 1 saturated heterocycles. The number of carbonyl (C=O) groups excluding carboxylic acids is 2. The average molecular weight is 441 g/mol. The lowest BCUT2D eigenvalue weighted by Gasteiger charge is -2.16. The molecule has 1 unspecified atom stereocenters. The number of hydrogen-bond acceptors (Lipinski definition) is 5. The Kier molecular flexibility index (Phi) is 5.21. The number of carbonyl (C=O) groups is 2. The molecule has 1 N–H and O–H groups in total. The van der Waals surface area contributed by atoms with Gasteiger partial charge >= 0.3 is 0 Å². The first kappa shape index (κ1) is 18.4. The molecule has 0 bridgehead atoms. The summed E-state index contributed by atoms with van der Waals surface area (Å²) in [6.45, 7) is 0.473. The van der Waals surface area contributed by atoms with Gasteiger partial charge in [-0.05, 0) is 18.2 Å². The summed E-state index contributed by atoms with van der Waals surface area (Å²) in [5.74, 6) is 0.109. The highest BCUT2D eigenvalue weighted by molar-refractivity contribution is 9.10. The van der Waals surface area contributed by atoms with E-state index in [4.69, 9.17) is 4.52 Å². The molecule has 1 atom stereocenters. The molecule has 0 saturated carbocycles. The predicted molar refractivity (Wildman–Crippen MR) is 106 cm³/mol. The number of rotatable bonds is 5. The number of aromatic nitrogens is 2. The van der Waals surface area contributed by atoms with Gasteiger partial charge < -0.3 is 14.7 Å². The molecule has 1 aliphatic heterocycles. The fourth-order valence-corrected chi connectivity index (χ4v) is 3.50. The lowest BCUT2D eigenvalue weighted by Crippen LogP contribution is -2.32. The van der Waals surface area contributed by atoms with Gasteiger partial charge in [0.15, 0.2) is 0 Å². The second-order valence-electron chi connectivity index (χ2n) is 6.48. The summed E-state index contributed by atoms with van der Waals surface area (Å²) < 4.78 is 6.08. The van der Waals surface area contributed by atoms with Crippen LogP contribution in [0.2, 0.25) is 0 Å². The van der Waals surface area contributed by atoms with Gasteiger partial charge in [0.25, 0.3) is 0 Å². The van der Waals surface area contributed by atoms with Crippen LogP contribution in [-0.2, 0) is 16.1 Å². The summed E-state index contributed by atoms with van der Waals surface area (Å²) in [5, 5.41) is 6.72. The van der Waals surface area contributed by atoms with Crippen LogP contribution in [0.5, 0.6) is 0 Å². The third-order valence-corrected chi connectivity index (χ3v) is 5.02. The Labute approximate surface area is 169 Å². The van der Waals surface area contributed by atoms with Crippen LogP contribution in [0.3, 0.4) is 0 Å². The van der Waals surface area contributed by atoms with Crippen molar-refractivity contribution >= 4 is 33.4 Å². The molecule has 3 aromatic rings. The first-order chi connectivity index (χ1) is 13.6. The number of benzene rings is 2. The van der Waals surface area contributed by atoms with Crippen LogP contribution in [0.4, 0.5) is 5.69 Å². The first-order valence-electron chi connectivity index (χ1n) is 8.82. The van der Waals surface area contributed by atoms with E-state index in [0.29, 0.717) is 18.3 Å². The number of nitrogens with zero attached hydrogens (tertiary/aromatic N) is 3. The number of nitrogens with one attached hydrogen (secondary N) is 1. The SMILES string of the molecule is O=C(NCc1nc(-c2ccccc2)no1)C1CC(=O)N(c2cccc(Br)c2)C1. The molecular formula is C20H17BrN4O3. The molecule has 8 heteroatoms. The number of anilines is 1. The van der Waals surface area contributed by atoms with Crippen LogP contribution in [0.25, 0.3) is 11.4 Å². The number of halogens is 1. The predicted octanol–water partition coefficient (Wildman–Crippen LogP) is 3.17. The summed E-state index contributed by atoms with van der Waals surface area (Å²) >= 11 is 3.40. The standard InChI is InChI=1S/C20H17BrN4O3/c21-15-7-4-8-16(10-15)25-12-14(9-18(25)26)20(27)22-11-17-23-19(24-28-17)13-5-2-1-3-6-13/h1-8,10,14H,9,11-12H2,(H,22,27). The fourth-order valence-electron chi connectivity index (χ4n) is 3.11. The van der Waals surface area contributed by atoms with Gasteiger partial charge in [-0.3, -0.25) is 9.59 Å².